The van der Waals surface area contributed by atoms with E-state index in [4.69, 9.17) is 4.74 Å². The molecular formula is C33H30F9NO5S. The van der Waals surface area contributed by atoms with Crippen LogP contribution in [-0.2, 0) is 41.1 Å². The van der Waals surface area contributed by atoms with Gasteiger partial charge in [0.25, 0.3) is 5.60 Å². The molecule has 2 atom stereocenters. The standard InChI is InChI=1S/C33H30F9NO5S/c34-23-8-10-25(11-9-23)49(45,46)30(15-12-24(18-30)43-29(44)20-13-16-47-17-14-20)21-4-6-22(7-5-21)31(32(37,38)39,33(40,41)42)48-19-26-27(35)2-1-3-28(26)36/h1-11,20,24H,12-19H2,(H,43,44). The number of halogens is 9. The predicted octanol–water partition coefficient (Wildman–Crippen LogP) is 7.41. The molecule has 2 unspecified atom stereocenters. The molecule has 2 fully saturated rings. The van der Waals surface area contributed by atoms with E-state index in [0.29, 0.717) is 50.3 Å². The Bertz CT molecular complexity index is 1720. The molecule has 0 bridgehead atoms. The molecule has 1 heterocycles. The van der Waals surface area contributed by atoms with Gasteiger partial charge in [-0.15, -0.1) is 0 Å². The van der Waals surface area contributed by atoms with Gasteiger partial charge in [0.1, 0.15) is 22.2 Å². The number of carbonyl (C=O) groups excluding carboxylic acids is 1. The molecule has 16 heteroatoms. The number of nitrogens with one attached hydrogen (secondary N) is 1. The van der Waals surface area contributed by atoms with E-state index in [1.807, 2.05) is 0 Å². The molecule has 2 aliphatic rings. The summed E-state index contributed by atoms with van der Waals surface area (Å²) in [5, 5.41) is 2.82. The van der Waals surface area contributed by atoms with Crippen LogP contribution in [0, 0.1) is 23.4 Å². The average Bonchev–Trinajstić information content (AvgIpc) is 3.47. The molecule has 5 rings (SSSR count). The number of ether oxygens (including phenoxy) is 2. The smallest absolute Gasteiger partial charge is 0.381 e. The van der Waals surface area contributed by atoms with Gasteiger partial charge in [0.2, 0.25) is 5.91 Å². The quantitative estimate of drug-likeness (QED) is 0.184. The monoisotopic (exact) mass is 723 g/mol. The maximum Gasteiger partial charge on any atom is 0.430 e. The third-order valence-electron chi connectivity index (χ3n) is 9.16. The predicted molar refractivity (Wildman–Crippen MR) is 156 cm³/mol. The van der Waals surface area contributed by atoms with Gasteiger partial charge >= 0.3 is 12.4 Å². The summed E-state index contributed by atoms with van der Waals surface area (Å²) in [5.41, 5.74) is -7.96. The molecule has 6 nitrogen and oxygen atoms in total. The number of sulfone groups is 1. The van der Waals surface area contributed by atoms with E-state index in [0.717, 1.165) is 42.5 Å². The van der Waals surface area contributed by atoms with Crippen LogP contribution in [0.1, 0.15) is 48.8 Å². The fourth-order valence-corrected chi connectivity index (χ4v) is 8.71. The average molecular weight is 724 g/mol. The van der Waals surface area contributed by atoms with Crippen molar-refractivity contribution in [1.29, 1.82) is 0 Å². The van der Waals surface area contributed by atoms with Crippen molar-refractivity contribution in [3.05, 3.63) is 101 Å². The van der Waals surface area contributed by atoms with Crippen molar-refractivity contribution >= 4 is 15.7 Å². The van der Waals surface area contributed by atoms with Crippen molar-refractivity contribution < 1.29 is 62.2 Å². The van der Waals surface area contributed by atoms with E-state index in [1.54, 1.807) is 0 Å². The van der Waals surface area contributed by atoms with Crippen LogP contribution in [0.4, 0.5) is 39.5 Å². The second-order valence-corrected chi connectivity index (χ2v) is 14.3. The first-order chi connectivity index (χ1) is 22.9. The van der Waals surface area contributed by atoms with Crippen LogP contribution in [0.3, 0.4) is 0 Å². The Labute approximate surface area is 275 Å². The maximum atomic E-state index is 14.5. The summed E-state index contributed by atoms with van der Waals surface area (Å²) in [7, 11) is -4.52. The molecule has 1 amide bonds. The second kappa shape index (κ2) is 13.6. The van der Waals surface area contributed by atoms with Gasteiger partial charge in [-0.3, -0.25) is 4.79 Å². The number of hydrogen-bond acceptors (Lipinski definition) is 5. The third kappa shape index (κ3) is 6.78. The van der Waals surface area contributed by atoms with Crippen LogP contribution in [0.25, 0.3) is 0 Å². The van der Waals surface area contributed by atoms with Crippen LogP contribution < -0.4 is 5.32 Å². The van der Waals surface area contributed by atoms with Crippen molar-refractivity contribution in [3.8, 4) is 0 Å². The normalized spacial score (nSPS) is 21.1. The van der Waals surface area contributed by atoms with Crippen molar-refractivity contribution in [3.63, 3.8) is 0 Å². The summed E-state index contributed by atoms with van der Waals surface area (Å²) >= 11 is 0. The van der Waals surface area contributed by atoms with Crippen molar-refractivity contribution in [2.24, 2.45) is 5.92 Å². The SMILES string of the molecule is O=C(NC1CCC(c2ccc(C(OCc3c(F)cccc3F)(C(F)(F)F)C(F)(F)F)cc2)(S(=O)(=O)c2ccc(F)cc2)C1)C1CCOCC1. The number of hydrogen-bond donors (Lipinski definition) is 1. The van der Waals surface area contributed by atoms with Gasteiger partial charge in [-0.05, 0) is 74.1 Å². The molecule has 1 aliphatic carbocycles. The highest BCUT2D eigenvalue weighted by atomic mass is 32.2. The Kier molecular flexibility index (Phi) is 10.2. The Morgan fingerprint density at radius 3 is 1.96 bits per heavy atom. The first-order valence-electron chi connectivity index (χ1n) is 15.1. The molecule has 1 N–H and O–H groups in total. The minimum atomic E-state index is -6.21. The van der Waals surface area contributed by atoms with Crippen LogP contribution in [0.15, 0.2) is 71.6 Å². The van der Waals surface area contributed by atoms with E-state index >= 15 is 0 Å². The Hall–Kier alpha value is -3.63. The van der Waals surface area contributed by atoms with E-state index in [9.17, 15) is 52.7 Å². The Morgan fingerprint density at radius 1 is 0.837 bits per heavy atom. The lowest BCUT2D eigenvalue weighted by Gasteiger charge is -2.38. The summed E-state index contributed by atoms with van der Waals surface area (Å²) in [6.45, 7) is -1.04. The van der Waals surface area contributed by atoms with Gasteiger partial charge in [-0.1, -0.05) is 30.3 Å². The number of benzene rings is 3. The molecule has 49 heavy (non-hydrogen) atoms. The molecule has 1 saturated carbocycles. The fourth-order valence-electron chi connectivity index (χ4n) is 6.51. The highest BCUT2D eigenvalue weighted by molar-refractivity contribution is 7.92. The molecule has 1 aliphatic heterocycles. The van der Waals surface area contributed by atoms with E-state index in [1.165, 1.54) is 0 Å². The zero-order chi connectivity index (χ0) is 35.8. The lowest BCUT2D eigenvalue weighted by atomic mass is 9.88. The van der Waals surface area contributed by atoms with Gasteiger partial charge in [-0.25, -0.2) is 21.6 Å². The minimum absolute atomic E-state index is 0.0868. The summed E-state index contributed by atoms with van der Waals surface area (Å²) in [4.78, 5) is 12.6. The lowest BCUT2D eigenvalue weighted by molar-refractivity contribution is -0.392. The topological polar surface area (TPSA) is 81.7 Å². The van der Waals surface area contributed by atoms with E-state index in [2.05, 4.69) is 10.1 Å². The molecule has 0 spiro atoms. The fraction of sp³-hybridized carbons (Fsp3) is 0.424. The van der Waals surface area contributed by atoms with Gasteiger partial charge in [-0.2, -0.15) is 26.3 Å². The summed E-state index contributed by atoms with van der Waals surface area (Å²) in [6, 6.07) is 7.56. The zero-order valence-corrected chi connectivity index (χ0v) is 26.3. The number of amides is 1. The van der Waals surface area contributed by atoms with Crippen molar-refractivity contribution in [1.82, 2.24) is 5.32 Å². The Morgan fingerprint density at radius 2 is 1.41 bits per heavy atom. The first-order valence-corrected chi connectivity index (χ1v) is 16.6. The summed E-state index contributed by atoms with van der Waals surface area (Å²) < 4.78 is 165. The van der Waals surface area contributed by atoms with Crippen molar-refractivity contribution in [2.75, 3.05) is 13.2 Å². The molecule has 266 valence electrons. The lowest BCUT2D eigenvalue weighted by Crippen LogP contribution is -2.56. The molecule has 3 aromatic rings. The van der Waals surface area contributed by atoms with Crippen LogP contribution in [-0.4, -0.2) is 45.9 Å². The van der Waals surface area contributed by atoms with E-state index < -0.39 is 79.7 Å². The highest BCUT2D eigenvalue weighted by Crippen LogP contribution is 2.55. The van der Waals surface area contributed by atoms with Gasteiger partial charge in [0.05, 0.1) is 11.5 Å². The third-order valence-corrected chi connectivity index (χ3v) is 11.7. The zero-order valence-electron chi connectivity index (χ0n) is 25.5. The minimum Gasteiger partial charge on any atom is -0.381 e. The Balaban J connectivity index is 1.56. The molecular weight excluding hydrogens is 693 g/mol. The van der Waals surface area contributed by atoms with Crippen LogP contribution in [0.2, 0.25) is 0 Å². The van der Waals surface area contributed by atoms with Crippen LogP contribution in [0.5, 0.6) is 0 Å². The van der Waals surface area contributed by atoms with Gasteiger partial charge in [0, 0.05) is 36.3 Å². The second-order valence-electron chi connectivity index (χ2n) is 12.0. The first kappa shape index (κ1) is 36.6. The summed E-state index contributed by atoms with van der Waals surface area (Å²) in [6.07, 6.45) is -12.0. The molecule has 0 radical (unpaired) electrons. The number of carbonyl (C=O) groups is 1. The number of alkyl halides is 6. The number of rotatable bonds is 9. The molecule has 1 saturated heterocycles. The maximum absolute atomic E-state index is 14.5. The van der Waals surface area contributed by atoms with Crippen LogP contribution >= 0.6 is 0 Å². The molecule has 3 aromatic carbocycles. The largest absolute Gasteiger partial charge is 0.430 e. The van der Waals surface area contributed by atoms with Gasteiger partial charge in [0.15, 0.2) is 9.84 Å². The highest BCUT2D eigenvalue weighted by Gasteiger charge is 2.73. The van der Waals surface area contributed by atoms with Gasteiger partial charge < -0.3 is 14.8 Å². The summed E-state index contributed by atoms with van der Waals surface area (Å²) in [5.74, 6) is -4.35. The van der Waals surface area contributed by atoms with Crippen molar-refractivity contribution in [2.45, 2.75) is 72.3 Å². The molecule has 0 aromatic heterocycles. The van der Waals surface area contributed by atoms with E-state index in [-0.39, 0.29) is 35.6 Å².